The van der Waals surface area contributed by atoms with Crippen LogP contribution in [0.15, 0.2) is 71.4 Å². The largest absolute Gasteiger partial charge is 0.277 e. The van der Waals surface area contributed by atoms with Crippen LogP contribution >= 0.6 is 35.8 Å². The molecule has 0 aliphatic heterocycles. The summed E-state index contributed by atoms with van der Waals surface area (Å²) in [5.41, 5.74) is 7.55. The van der Waals surface area contributed by atoms with Crippen LogP contribution in [-0.4, -0.2) is 45.9 Å². The number of thiophene rings is 1. The summed E-state index contributed by atoms with van der Waals surface area (Å²) in [6.45, 7) is 0. The SMILES string of the molecule is CN(NC(=O)c1cscc1C(=O)NN(C)C(=S)c1ccccc1)C(=S)c1ccccc1. The van der Waals surface area contributed by atoms with Gasteiger partial charge in [-0.3, -0.25) is 30.5 Å². The van der Waals surface area contributed by atoms with E-state index in [1.165, 1.54) is 21.4 Å². The lowest BCUT2D eigenvalue weighted by Gasteiger charge is -2.22. The smallest absolute Gasteiger partial charge is 0.271 e. The monoisotopic (exact) mass is 468 g/mol. The normalized spacial score (nSPS) is 10.1. The quantitative estimate of drug-likeness (QED) is 0.450. The Hall–Kier alpha value is -3.14. The minimum absolute atomic E-state index is 0.254. The molecule has 0 spiro atoms. The highest BCUT2D eigenvalue weighted by atomic mass is 32.1. The third kappa shape index (κ3) is 5.52. The first kappa shape index (κ1) is 22.5. The van der Waals surface area contributed by atoms with Crippen LogP contribution in [0.5, 0.6) is 0 Å². The maximum absolute atomic E-state index is 12.8. The summed E-state index contributed by atoms with van der Waals surface area (Å²) in [5, 5.41) is 6.17. The molecular formula is C22H20N4O2S3. The fourth-order valence-corrected chi connectivity index (χ4v) is 3.90. The lowest BCUT2D eigenvalue weighted by Crippen LogP contribution is -2.45. The molecule has 31 heavy (non-hydrogen) atoms. The van der Waals surface area contributed by atoms with E-state index in [2.05, 4.69) is 10.9 Å². The van der Waals surface area contributed by atoms with E-state index in [4.69, 9.17) is 24.4 Å². The summed E-state index contributed by atoms with van der Waals surface area (Å²) in [6.07, 6.45) is 0. The summed E-state index contributed by atoms with van der Waals surface area (Å²) >= 11 is 12.1. The fraction of sp³-hybridized carbons (Fsp3) is 0.0909. The molecule has 6 nitrogen and oxygen atoms in total. The maximum atomic E-state index is 12.8. The molecule has 0 fully saturated rings. The number of hydrazine groups is 2. The first-order valence-electron chi connectivity index (χ1n) is 9.23. The summed E-state index contributed by atoms with van der Waals surface area (Å²) < 4.78 is 0. The van der Waals surface area contributed by atoms with Gasteiger partial charge in [0.1, 0.15) is 9.98 Å². The van der Waals surface area contributed by atoms with Gasteiger partial charge < -0.3 is 0 Å². The van der Waals surface area contributed by atoms with Crippen molar-refractivity contribution in [3.05, 3.63) is 93.7 Å². The van der Waals surface area contributed by atoms with Crippen LogP contribution in [-0.2, 0) is 0 Å². The molecule has 0 radical (unpaired) electrons. The first-order chi connectivity index (χ1) is 14.9. The van der Waals surface area contributed by atoms with Gasteiger partial charge in [0.05, 0.1) is 11.1 Å². The molecular weight excluding hydrogens is 448 g/mol. The van der Waals surface area contributed by atoms with Gasteiger partial charge in [-0.2, -0.15) is 11.3 Å². The lowest BCUT2D eigenvalue weighted by molar-refractivity contribution is 0.0854. The molecule has 0 saturated heterocycles. The average molecular weight is 469 g/mol. The Morgan fingerprint density at radius 3 is 1.42 bits per heavy atom. The average Bonchev–Trinajstić information content (AvgIpc) is 3.29. The van der Waals surface area contributed by atoms with E-state index in [0.717, 1.165) is 11.1 Å². The number of nitrogens with one attached hydrogen (secondary N) is 2. The van der Waals surface area contributed by atoms with E-state index in [1.54, 1.807) is 24.9 Å². The third-order valence-electron chi connectivity index (χ3n) is 4.34. The van der Waals surface area contributed by atoms with Gasteiger partial charge in [0.25, 0.3) is 11.8 Å². The minimum atomic E-state index is -0.430. The zero-order valence-electron chi connectivity index (χ0n) is 16.9. The number of carbonyl (C=O) groups is 2. The van der Waals surface area contributed by atoms with Crippen molar-refractivity contribution in [3.63, 3.8) is 0 Å². The Morgan fingerprint density at radius 1 is 0.710 bits per heavy atom. The topological polar surface area (TPSA) is 64.7 Å². The van der Waals surface area contributed by atoms with E-state index < -0.39 is 11.8 Å². The minimum Gasteiger partial charge on any atom is -0.277 e. The zero-order valence-corrected chi connectivity index (χ0v) is 19.3. The van der Waals surface area contributed by atoms with Crippen LogP contribution in [0.2, 0.25) is 0 Å². The number of nitrogens with zero attached hydrogens (tertiary/aromatic N) is 2. The van der Waals surface area contributed by atoms with Crippen molar-refractivity contribution in [1.82, 2.24) is 20.9 Å². The Bertz CT molecular complexity index is 1010. The number of carbonyl (C=O) groups excluding carboxylic acids is 2. The molecule has 3 aromatic rings. The number of benzene rings is 2. The predicted molar refractivity (Wildman–Crippen MR) is 131 cm³/mol. The molecule has 2 N–H and O–H groups in total. The van der Waals surface area contributed by atoms with Crippen LogP contribution in [0.1, 0.15) is 31.8 Å². The molecule has 2 amide bonds. The van der Waals surface area contributed by atoms with Crippen molar-refractivity contribution >= 4 is 57.6 Å². The molecule has 0 aliphatic carbocycles. The van der Waals surface area contributed by atoms with Gasteiger partial charge in [-0.15, -0.1) is 0 Å². The molecule has 3 rings (SSSR count). The number of hydrogen-bond donors (Lipinski definition) is 2. The van der Waals surface area contributed by atoms with Gasteiger partial charge in [-0.05, 0) is 0 Å². The van der Waals surface area contributed by atoms with Gasteiger partial charge in [0.2, 0.25) is 0 Å². The van der Waals surface area contributed by atoms with Crippen molar-refractivity contribution in [2.75, 3.05) is 14.1 Å². The van der Waals surface area contributed by atoms with Crippen LogP contribution < -0.4 is 10.9 Å². The van der Waals surface area contributed by atoms with E-state index in [9.17, 15) is 9.59 Å². The molecule has 0 bridgehead atoms. The van der Waals surface area contributed by atoms with Gasteiger partial charge in [-0.25, -0.2) is 0 Å². The summed E-state index contributed by atoms with van der Waals surface area (Å²) in [4.78, 5) is 26.5. The molecule has 0 unspecified atom stereocenters. The maximum Gasteiger partial charge on any atom is 0.271 e. The predicted octanol–water partition coefficient (Wildman–Crippen LogP) is 3.65. The standard InChI is InChI=1S/C22H20N4O2S3/c1-25(21(29)15-9-5-3-6-10-15)23-19(27)17-13-31-14-18(17)20(28)24-26(2)22(30)16-11-7-4-8-12-16/h3-14H,1-2H3,(H,23,27)(H,24,28). The van der Waals surface area contributed by atoms with Crippen molar-refractivity contribution in [2.24, 2.45) is 0 Å². The van der Waals surface area contributed by atoms with E-state index >= 15 is 0 Å². The Labute approximate surface area is 195 Å². The summed E-state index contributed by atoms with van der Waals surface area (Å²) in [6, 6.07) is 18.7. The second kappa shape index (κ2) is 10.3. The molecule has 0 saturated carbocycles. The summed E-state index contributed by atoms with van der Waals surface area (Å²) in [7, 11) is 3.32. The highest BCUT2D eigenvalue weighted by molar-refractivity contribution is 7.80. The van der Waals surface area contributed by atoms with Gasteiger partial charge in [-0.1, -0.05) is 85.1 Å². The fourth-order valence-electron chi connectivity index (χ4n) is 2.72. The van der Waals surface area contributed by atoms with E-state index in [1.807, 2.05) is 60.7 Å². The van der Waals surface area contributed by atoms with Crippen molar-refractivity contribution in [1.29, 1.82) is 0 Å². The number of amides is 2. The van der Waals surface area contributed by atoms with Gasteiger partial charge in [0, 0.05) is 36.0 Å². The Balaban J connectivity index is 1.66. The van der Waals surface area contributed by atoms with E-state index in [-0.39, 0.29) is 11.1 Å². The van der Waals surface area contributed by atoms with Crippen LogP contribution in [0, 0.1) is 0 Å². The molecule has 9 heteroatoms. The molecule has 158 valence electrons. The molecule has 1 heterocycles. The molecule has 0 atom stereocenters. The first-order valence-corrected chi connectivity index (χ1v) is 11.0. The molecule has 0 aliphatic rings. The van der Waals surface area contributed by atoms with Crippen LogP contribution in [0.4, 0.5) is 0 Å². The number of thiocarbonyl (C=S) groups is 2. The number of rotatable bonds is 4. The zero-order chi connectivity index (χ0) is 22.4. The van der Waals surface area contributed by atoms with Crippen molar-refractivity contribution in [2.45, 2.75) is 0 Å². The van der Waals surface area contributed by atoms with Gasteiger partial charge >= 0.3 is 0 Å². The second-order valence-corrected chi connectivity index (χ2v) is 8.06. The summed E-state index contributed by atoms with van der Waals surface area (Å²) in [5.74, 6) is -0.860. The highest BCUT2D eigenvalue weighted by Crippen LogP contribution is 2.16. The number of hydrogen-bond acceptors (Lipinski definition) is 5. The highest BCUT2D eigenvalue weighted by Gasteiger charge is 2.21. The molecule has 1 aromatic heterocycles. The van der Waals surface area contributed by atoms with Gasteiger partial charge in [0.15, 0.2) is 0 Å². The Morgan fingerprint density at radius 2 is 1.06 bits per heavy atom. The Kier molecular flexibility index (Phi) is 7.45. The van der Waals surface area contributed by atoms with Crippen LogP contribution in [0.25, 0.3) is 0 Å². The van der Waals surface area contributed by atoms with E-state index in [0.29, 0.717) is 9.98 Å². The third-order valence-corrected chi connectivity index (χ3v) is 6.10. The lowest BCUT2D eigenvalue weighted by atomic mass is 10.2. The second-order valence-electron chi connectivity index (χ2n) is 6.54. The van der Waals surface area contributed by atoms with Crippen LogP contribution in [0.3, 0.4) is 0 Å². The molecule has 2 aromatic carbocycles. The van der Waals surface area contributed by atoms with Crippen molar-refractivity contribution in [3.8, 4) is 0 Å². The van der Waals surface area contributed by atoms with Crippen molar-refractivity contribution < 1.29 is 9.59 Å².